The van der Waals surface area contributed by atoms with Crippen LogP contribution in [0.15, 0.2) is 0 Å². The fourth-order valence-corrected chi connectivity index (χ4v) is 3.76. The van der Waals surface area contributed by atoms with E-state index in [1.807, 2.05) is 20.8 Å². The second-order valence-electron chi connectivity index (χ2n) is 8.28. The third-order valence-electron chi connectivity index (χ3n) is 4.60. The highest BCUT2D eigenvalue weighted by Gasteiger charge is 2.22. The molecule has 0 bridgehead atoms. The van der Waals surface area contributed by atoms with Gasteiger partial charge in [0.2, 0.25) is 0 Å². The molecule has 0 aliphatic rings. The maximum absolute atomic E-state index is 12.2. The second-order valence-corrected chi connectivity index (χ2v) is 10.3. The predicted molar refractivity (Wildman–Crippen MR) is 114 cm³/mol. The molecule has 0 unspecified atom stereocenters. The van der Waals surface area contributed by atoms with Crippen LogP contribution < -0.4 is 4.72 Å². The summed E-state index contributed by atoms with van der Waals surface area (Å²) in [5.41, 5.74) is 0. The number of unbranched alkanes of at least 4 members (excludes halogenated alkanes) is 11. The molecule has 0 saturated heterocycles. The van der Waals surface area contributed by atoms with Gasteiger partial charge in [-0.15, -0.1) is 12.3 Å². The Hall–Kier alpha value is -0.330. The molecule has 0 aromatic rings. The Morgan fingerprint density at radius 2 is 1.32 bits per heavy atom. The zero-order chi connectivity index (χ0) is 19.0. The fraction of sp³-hybridized carbons (Fsp3) is 0.909. The number of hydrogen-bond acceptors (Lipinski definition) is 1. The molecule has 2 atom stereocenters. The van der Waals surface area contributed by atoms with Crippen molar-refractivity contribution in [3.05, 3.63) is 0 Å². The van der Waals surface area contributed by atoms with Gasteiger partial charge in [0.25, 0.3) is 0 Å². The molecule has 1 N–H and O–H groups in total. The molecule has 0 fully saturated rings. The molecular formula is C22H43NOS. The Morgan fingerprint density at radius 1 is 0.880 bits per heavy atom. The first-order valence-corrected chi connectivity index (χ1v) is 11.7. The van der Waals surface area contributed by atoms with Crippen LogP contribution in [0, 0.1) is 12.3 Å². The third-order valence-corrected chi connectivity index (χ3v) is 6.26. The molecule has 25 heavy (non-hydrogen) atoms. The molecule has 148 valence electrons. The summed E-state index contributed by atoms with van der Waals surface area (Å²) in [4.78, 5) is 0. The van der Waals surface area contributed by atoms with Gasteiger partial charge in [0.05, 0.1) is 15.7 Å². The Kier molecular flexibility index (Phi) is 15.7. The number of terminal acetylenes is 1. The van der Waals surface area contributed by atoms with Crippen LogP contribution in [0.5, 0.6) is 0 Å². The van der Waals surface area contributed by atoms with Crippen molar-refractivity contribution in [1.82, 2.24) is 4.72 Å². The van der Waals surface area contributed by atoms with Crippen LogP contribution in [0.25, 0.3) is 0 Å². The molecule has 0 heterocycles. The van der Waals surface area contributed by atoms with Gasteiger partial charge in [-0.2, -0.15) is 0 Å². The lowest BCUT2D eigenvalue weighted by Crippen LogP contribution is -2.39. The molecule has 0 spiro atoms. The summed E-state index contributed by atoms with van der Waals surface area (Å²) in [5, 5.41) is 0. The summed E-state index contributed by atoms with van der Waals surface area (Å²) in [6.07, 6.45) is 23.5. The summed E-state index contributed by atoms with van der Waals surface area (Å²) < 4.78 is 15.2. The van der Waals surface area contributed by atoms with Crippen molar-refractivity contribution in [3.8, 4) is 12.3 Å². The van der Waals surface area contributed by atoms with Gasteiger partial charge >= 0.3 is 0 Å². The molecule has 0 amide bonds. The van der Waals surface area contributed by atoms with Gasteiger partial charge in [-0.05, 0) is 27.2 Å². The first-order valence-electron chi connectivity index (χ1n) is 10.5. The van der Waals surface area contributed by atoms with Gasteiger partial charge in [0.1, 0.15) is 0 Å². The minimum Gasteiger partial charge on any atom is -0.242 e. The number of hydrogen-bond donors (Lipinski definition) is 1. The smallest absolute Gasteiger partial charge is 0.0973 e. The maximum Gasteiger partial charge on any atom is 0.0973 e. The first-order chi connectivity index (χ1) is 11.9. The van der Waals surface area contributed by atoms with E-state index in [-0.39, 0.29) is 10.8 Å². The van der Waals surface area contributed by atoms with Crippen molar-refractivity contribution in [2.24, 2.45) is 0 Å². The van der Waals surface area contributed by atoms with E-state index in [1.54, 1.807) is 0 Å². The van der Waals surface area contributed by atoms with Crippen LogP contribution in [0.2, 0.25) is 0 Å². The van der Waals surface area contributed by atoms with E-state index in [9.17, 15) is 4.21 Å². The zero-order valence-electron chi connectivity index (χ0n) is 17.4. The van der Waals surface area contributed by atoms with Gasteiger partial charge in [-0.1, -0.05) is 84.0 Å². The average molecular weight is 370 g/mol. The van der Waals surface area contributed by atoms with Crippen LogP contribution in [0.1, 0.15) is 118 Å². The number of rotatable bonds is 16. The summed E-state index contributed by atoms with van der Waals surface area (Å²) >= 11 is 0. The van der Waals surface area contributed by atoms with E-state index in [0.29, 0.717) is 6.42 Å². The summed E-state index contributed by atoms with van der Waals surface area (Å²) in [6.45, 7) is 8.25. The van der Waals surface area contributed by atoms with Crippen molar-refractivity contribution in [2.45, 2.75) is 128 Å². The highest BCUT2D eigenvalue weighted by molar-refractivity contribution is 7.84. The lowest BCUT2D eigenvalue weighted by Gasteiger charge is -2.23. The first kappa shape index (κ1) is 24.7. The highest BCUT2D eigenvalue weighted by Crippen LogP contribution is 2.15. The molecule has 2 nitrogen and oxygen atoms in total. The average Bonchev–Trinajstić information content (AvgIpc) is 2.55. The largest absolute Gasteiger partial charge is 0.242 e. The van der Waals surface area contributed by atoms with E-state index in [4.69, 9.17) is 6.42 Å². The molecule has 0 aliphatic heterocycles. The minimum absolute atomic E-state index is 0.188. The lowest BCUT2D eigenvalue weighted by atomic mass is 10.0. The van der Waals surface area contributed by atoms with Crippen LogP contribution in [-0.2, 0) is 11.0 Å². The number of nitrogens with one attached hydrogen (secondary N) is 1. The maximum atomic E-state index is 12.2. The van der Waals surface area contributed by atoms with Gasteiger partial charge < -0.3 is 0 Å². The standard InChI is InChI=1S/C22H43NOS/c1-6-8-9-10-11-12-13-14-15-16-17-18-20-21(19-7-2)23-25(24)22(3,4)5/h2,21,23H,6,8-20H2,1,3-5H3/t21-,25+/m0/s1. The molecule has 3 heteroatoms. The van der Waals surface area contributed by atoms with E-state index in [2.05, 4.69) is 17.6 Å². The van der Waals surface area contributed by atoms with Gasteiger partial charge in [0.15, 0.2) is 0 Å². The Morgan fingerprint density at radius 3 is 1.72 bits per heavy atom. The van der Waals surface area contributed by atoms with Crippen molar-refractivity contribution < 1.29 is 4.21 Å². The fourth-order valence-electron chi connectivity index (χ4n) is 2.90. The van der Waals surface area contributed by atoms with E-state index in [1.165, 1.54) is 77.0 Å². The van der Waals surface area contributed by atoms with Gasteiger partial charge in [-0.25, -0.2) is 8.93 Å². The van der Waals surface area contributed by atoms with Crippen molar-refractivity contribution in [1.29, 1.82) is 0 Å². The summed E-state index contributed by atoms with van der Waals surface area (Å²) in [7, 11) is -1.03. The minimum atomic E-state index is -1.03. The van der Waals surface area contributed by atoms with Crippen LogP contribution in [-0.4, -0.2) is 15.0 Å². The van der Waals surface area contributed by atoms with Gasteiger partial charge in [-0.3, -0.25) is 0 Å². The molecule has 0 aromatic carbocycles. The molecule has 0 rings (SSSR count). The predicted octanol–water partition coefficient (Wildman–Crippen LogP) is 6.52. The molecule has 0 aromatic heterocycles. The zero-order valence-corrected chi connectivity index (χ0v) is 18.2. The Bertz CT molecular complexity index is 367. The van der Waals surface area contributed by atoms with Crippen LogP contribution >= 0.6 is 0 Å². The molecule has 0 saturated carbocycles. The lowest BCUT2D eigenvalue weighted by molar-refractivity contribution is 0.502. The van der Waals surface area contributed by atoms with E-state index in [0.717, 1.165) is 6.42 Å². The summed E-state index contributed by atoms with van der Waals surface area (Å²) in [5.74, 6) is 2.72. The quantitative estimate of drug-likeness (QED) is 0.243. The monoisotopic (exact) mass is 369 g/mol. The third kappa shape index (κ3) is 15.6. The summed E-state index contributed by atoms with van der Waals surface area (Å²) in [6, 6.07) is 0.188. The van der Waals surface area contributed by atoms with E-state index < -0.39 is 11.0 Å². The Labute approximate surface area is 160 Å². The molecule has 0 aliphatic carbocycles. The molecular weight excluding hydrogens is 326 g/mol. The normalized spacial score (nSPS) is 14.2. The van der Waals surface area contributed by atoms with E-state index >= 15 is 0 Å². The Balaban J connectivity index is 3.60. The van der Waals surface area contributed by atoms with Crippen LogP contribution in [0.4, 0.5) is 0 Å². The van der Waals surface area contributed by atoms with Crippen molar-refractivity contribution in [3.63, 3.8) is 0 Å². The van der Waals surface area contributed by atoms with Crippen LogP contribution in [0.3, 0.4) is 0 Å². The van der Waals surface area contributed by atoms with Crippen molar-refractivity contribution >= 4 is 11.0 Å². The second kappa shape index (κ2) is 15.9. The highest BCUT2D eigenvalue weighted by atomic mass is 32.2. The topological polar surface area (TPSA) is 29.1 Å². The van der Waals surface area contributed by atoms with Crippen molar-refractivity contribution in [2.75, 3.05) is 0 Å². The molecule has 0 radical (unpaired) electrons. The SMILES string of the molecule is C#CC[C@@H](CCCCCCCCCCCCCC)N[S@](=O)C(C)(C)C. The van der Waals surface area contributed by atoms with Gasteiger partial charge in [0, 0.05) is 12.5 Å².